The SMILES string of the molecule is CC(N)CCC(=O)Nc1nnc(NS(C)(=O)=O)s1. The molecule has 1 amide bonds. The monoisotopic (exact) mass is 293 g/mol. The number of hydrogen-bond acceptors (Lipinski definition) is 7. The summed E-state index contributed by atoms with van der Waals surface area (Å²) in [5.74, 6) is -0.227. The summed E-state index contributed by atoms with van der Waals surface area (Å²) >= 11 is 0.947. The number of rotatable bonds is 6. The minimum absolute atomic E-state index is 0.0485. The molecule has 0 aromatic carbocycles. The number of sulfonamides is 1. The third kappa shape index (κ3) is 5.89. The molecule has 18 heavy (non-hydrogen) atoms. The smallest absolute Gasteiger partial charge is 0.231 e. The van der Waals surface area contributed by atoms with E-state index >= 15 is 0 Å². The van der Waals surface area contributed by atoms with Gasteiger partial charge in [-0.25, -0.2) is 8.42 Å². The van der Waals surface area contributed by atoms with E-state index < -0.39 is 10.0 Å². The number of aromatic nitrogens is 2. The van der Waals surface area contributed by atoms with Gasteiger partial charge in [-0.05, 0) is 13.3 Å². The third-order valence-electron chi connectivity index (χ3n) is 1.77. The molecule has 8 nitrogen and oxygen atoms in total. The van der Waals surface area contributed by atoms with Crippen molar-refractivity contribution in [2.45, 2.75) is 25.8 Å². The van der Waals surface area contributed by atoms with Crippen LogP contribution in [-0.4, -0.2) is 36.8 Å². The fourth-order valence-corrected chi connectivity index (χ4v) is 2.50. The molecule has 0 aliphatic rings. The Balaban J connectivity index is 2.51. The van der Waals surface area contributed by atoms with Crippen LogP contribution in [0.1, 0.15) is 19.8 Å². The van der Waals surface area contributed by atoms with Crippen molar-refractivity contribution in [3.63, 3.8) is 0 Å². The highest BCUT2D eigenvalue weighted by Crippen LogP contribution is 2.20. The molecule has 0 radical (unpaired) electrons. The predicted octanol–water partition coefficient (Wildman–Crippen LogP) is -0.0245. The Morgan fingerprint density at radius 3 is 2.61 bits per heavy atom. The summed E-state index contributed by atoms with van der Waals surface area (Å²) in [7, 11) is -3.39. The summed E-state index contributed by atoms with van der Waals surface area (Å²) in [5.41, 5.74) is 5.53. The van der Waals surface area contributed by atoms with Gasteiger partial charge in [-0.15, -0.1) is 10.2 Å². The zero-order chi connectivity index (χ0) is 13.8. The molecule has 1 aromatic rings. The van der Waals surface area contributed by atoms with E-state index in [0.29, 0.717) is 6.42 Å². The van der Waals surface area contributed by atoms with E-state index in [2.05, 4.69) is 20.2 Å². The summed E-state index contributed by atoms with van der Waals surface area (Å²) in [4.78, 5) is 11.4. The van der Waals surface area contributed by atoms with Crippen LogP contribution in [0, 0.1) is 0 Å². The molecule has 0 aliphatic carbocycles. The fraction of sp³-hybridized carbons (Fsp3) is 0.625. The largest absolute Gasteiger partial charge is 0.328 e. The fourth-order valence-electron chi connectivity index (χ4n) is 1.01. The average Bonchev–Trinajstić information content (AvgIpc) is 2.59. The van der Waals surface area contributed by atoms with Crippen LogP contribution in [0.3, 0.4) is 0 Å². The molecule has 0 saturated heterocycles. The van der Waals surface area contributed by atoms with Crippen molar-refractivity contribution in [3.8, 4) is 0 Å². The van der Waals surface area contributed by atoms with Crippen molar-refractivity contribution < 1.29 is 13.2 Å². The first-order valence-corrected chi connectivity index (χ1v) is 7.84. The zero-order valence-electron chi connectivity index (χ0n) is 10.0. The molecule has 0 saturated carbocycles. The van der Waals surface area contributed by atoms with E-state index in [-0.39, 0.29) is 28.6 Å². The Morgan fingerprint density at radius 2 is 2.06 bits per heavy atom. The van der Waals surface area contributed by atoms with E-state index in [1.807, 2.05) is 6.92 Å². The third-order valence-corrected chi connectivity index (χ3v) is 3.22. The Hall–Kier alpha value is -1.26. The standard InChI is InChI=1S/C8H15N5O3S2/c1-5(9)3-4-6(14)10-7-11-12-8(17-7)13-18(2,15)16/h5H,3-4,9H2,1-2H3,(H,12,13)(H,10,11,14). The summed E-state index contributed by atoms with van der Waals surface area (Å²) in [6.45, 7) is 1.81. The van der Waals surface area contributed by atoms with Gasteiger partial charge >= 0.3 is 0 Å². The van der Waals surface area contributed by atoms with Crippen molar-refractivity contribution in [1.29, 1.82) is 0 Å². The molecule has 0 spiro atoms. The minimum Gasteiger partial charge on any atom is -0.328 e. The van der Waals surface area contributed by atoms with E-state index in [0.717, 1.165) is 17.6 Å². The number of carbonyl (C=O) groups is 1. The molecule has 0 fully saturated rings. The highest BCUT2D eigenvalue weighted by atomic mass is 32.2. The van der Waals surface area contributed by atoms with E-state index in [9.17, 15) is 13.2 Å². The molecule has 1 aromatic heterocycles. The maximum absolute atomic E-state index is 11.4. The number of hydrogen-bond donors (Lipinski definition) is 3. The van der Waals surface area contributed by atoms with Gasteiger partial charge in [-0.1, -0.05) is 11.3 Å². The summed E-state index contributed by atoms with van der Waals surface area (Å²) < 4.78 is 24.0. The molecule has 0 aliphatic heterocycles. The number of nitrogens with zero attached hydrogens (tertiary/aromatic N) is 2. The first-order chi connectivity index (χ1) is 8.26. The Bertz CT molecular complexity index is 511. The van der Waals surface area contributed by atoms with Gasteiger partial charge in [-0.3, -0.25) is 9.52 Å². The van der Waals surface area contributed by atoms with Gasteiger partial charge in [0.05, 0.1) is 6.26 Å². The van der Waals surface area contributed by atoms with Crippen molar-refractivity contribution in [3.05, 3.63) is 0 Å². The first kappa shape index (κ1) is 14.8. The normalized spacial score (nSPS) is 13.1. The van der Waals surface area contributed by atoms with Gasteiger partial charge in [0.2, 0.25) is 26.2 Å². The van der Waals surface area contributed by atoms with Crippen LogP contribution in [0.15, 0.2) is 0 Å². The molecular formula is C8H15N5O3S2. The van der Waals surface area contributed by atoms with Gasteiger partial charge in [0.25, 0.3) is 0 Å². The number of amides is 1. The lowest BCUT2D eigenvalue weighted by Gasteiger charge is -2.03. The molecule has 1 heterocycles. The predicted molar refractivity (Wildman–Crippen MR) is 69.9 cm³/mol. The van der Waals surface area contributed by atoms with Crippen LogP contribution in [0.4, 0.5) is 10.3 Å². The van der Waals surface area contributed by atoms with E-state index in [1.165, 1.54) is 0 Å². The highest BCUT2D eigenvalue weighted by Gasteiger charge is 2.11. The van der Waals surface area contributed by atoms with E-state index in [1.54, 1.807) is 0 Å². The van der Waals surface area contributed by atoms with Crippen molar-refractivity contribution in [2.24, 2.45) is 5.73 Å². The number of carbonyl (C=O) groups excluding carboxylic acids is 1. The van der Waals surface area contributed by atoms with Gasteiger partial charge in [0, 0.05) is 12.5 Å². The Kier molecular flexibility index (Phi) is 4.99. The number of nitrogens with two attached hydrogens (primary N) is 1. The van der Waals surface area contributed by atoms with Crippen LogP contribution < -0.4 is 15.8 Å². The summed E-state index contributed by atoms with van der Waals surface area (Å²) in [6.07, 6.45) is 1.86. The van der Waals surface area contributed by atoms with Crippen LogP contribution >= 0.6 is 11.3 Å². The molecule has 102 valence electrons. The number of anilines is 2. The van der Waals surface area contributed by atoms with Gasteiger partial charge in [0.1, 0.15) is 0 Å². The molecule has 4 N–H and O–H groups in total. The van der Waals surface area contributed by atoms with Gasteiger partial charge in [-0.2, -0.15) is 0 Å². The lowest BCUT2D eigenvalue weighted by molar-refractivity contribution is -0.116. The van der Waals surface area contributed by atoms with Crippen LogP contribution in [-0.2, 0) is 14.8 Å². The quantitative estimate of drug-likeness (QED) is 0.676. The molecule has 1 atom stereocenters. The second kappa shape index (κ2) is 6.07. The van der Waals surface area contributed by atoms with Crippen LogP contribution in [0.2, 0.25) is 0 Å². The van der Waals surface area contributed by atoms with Crippen molar-refractivity contribution >= 4 is 37.5 Å². The average molecular weight is 293 g/mol. The second-order valence-electron chi connectivity index (χ2n) is 3.85. The number of nitrogens with one attached hydrogen (secondary N) is 2. The Morgan fingerprint density at radius 1 is 1.44 bits per heavy atom. The highest BCUT2D eigenvalue weighted by molar-refractivity contribution is 7.92. The van der Waals surface area contributed by atoms with Crippen LogP contribution in [0.5, 0.6) is 0 Å². The van der Waals surface area contributed by atoms with E-state index in [4.69, 9.17) is 5.73 Å². The lowest BCUT2D eigenvalue weighted by Crippen LogP contribution is -2.19. The molecule has 10 heteroatoms. The molecule has 1 rings (SSSR count). The zero-order valence-corrected chi connectivity index (χ0v) is 11.6. The minimum atomic E-state index is -3.39. The summed E-state index contributed by atoms with van der Waals surface area (Å²) in [6, 6.07) is -0.0485. The topological polar surface area (TPSA) is 127 Å². The first-order valence-electron chi connectivity index (χ1n) is 5.13. The maximum Gasteiger partial charge on any atom is 0.231 e. The molecule has 0 bridgehead atoms. The van der Waals surface area contributed by atoms with Crippen LogP contribution in [0.25, 0.3) is 0 Å². The summed E-state index contributed by atoms with van der Waals surface area (Å²) in [5, 5.41) is 10.1. The molecular weight excluding hydrogens is 278 g/mol. The van der Waals surface area contributed by atoms with Gasteiger partial charge in [0.15, 0.2) is 0 Å². The van der Waals surface area contributed by atoms with Crippen molar-refractivity contribution in [2.75, 3.05) is 16.3 Å². The maximum atomic E-state index is 11.4. The lowest BCUT2D eigenvalue weighted by atomic mass is 10.2. The van der Waals surface area contributed by atoms with Gasteiger partial charge < -0.3 is 11.1 Å². The second-order valence-corrected chi connectivity index (χ2v) is 6.58. The Labute approximate surface area is 109 Å². The van der Waals surface area contributed by atoms with Crippen molar-refractivity contribution in [1.82, 2.24) is 10.2 Å². The molecule has 1 unspecified atom stereocenters.